The molecule has 0 spiro atoms. The maximum Gasteiger partial charge on any atom is 0.0670 e. The lowest BCUT2D eigenvalue weighted by atomic mass is 10.3. The van der Waals surface area contributed by atoms with Gasteiger partial charge in [-0.3, -0.25) is 4.21 Å². The Kier molecular flexibility index (Phi) is 6.13. The molecule has 10 heavy (non-hydrogen) atoms. The SMILES string of the molecule is CCCC=C(SC)S(C)=O. The molecule has 0 aromatic carbocycles. The molecule has 0 N–H and O–H groups in total. The van der Waals surface area contributed by atoms with Gasteiger partial charge in [-0.2, -0.15) is 0 Å². The maximum atomic E-state index is 10.9. The molecule has 3 heteroatoms. The monoisotopic (exact) mass is 178 g/mol. The van der Waals surface area contributed by atoms with Gasteiger partial charge in [-0.05, 0) is 12.7 Å². The van der Waals surface area contributed by atoms with E-state index in [2.05, 4.69) is 13.0 Å². The fourth-order valence-electron chi connectivity index (χ4n) is 0.580. The molecule has 1 nitrogen and oxygen atoms in total. The largest absolute Gasteiger partial charge is 0.254 e. The first-order valence-electron chi connectivity index (χ1n) is 3.30. The number of rotatable bonds is 4. The molecule has 1 atom stereocenters. The number of hydrogen-bond donors (Lipinski definition) is 0. The Morgan fingerprint density at radius 3 is 2.60 bits per heavy atom. The van der Waals surface area contributed by atoms with Crippen molar-refractivity contribution < 1.29 is 4.21 Å². The van der Waals surface area contributed by atoms with Gasteiger partial charge in [-0.15, -0.1) is 11.8 Å². The van der Waals surface area contributed by atoms with Crippen LogP contribution < -0.4 is 0 Å². The van der Waals surface area contributed by atoms with Crippen LogP contribution in [0.2, 0.25) is 0 Å². The van der Waals surface area contributed by atoms with Gasteiger partial charge in [0.15, 0.2) is 0 Å². The van der Waals surface area contributed by atoms with E-state index in [9.17, 15) is 4.21 Å². The number of thioether (sulfide) groups is 1. The van der Waals surface area contributed by atoms with Crippen molar-refractivity contribution in [3.05, 3.63) is 10.3 Å². The Balaban J connectivity index is 3.91. The Labute approximate surface area is 69.7 Å². The highest BCUT2D eigenvalue weighted by Crippen LogP contribution is 2.15. The van der Waals surface area contributed by atoms with Crippen molar-refractivity contribution in [2.45, 2.75) is 19.8 Å². The summed E-state index contributed by atoms with van der Waals surface area (Å²) in [4.78, 5) is 0. The van der Waals surface area contributed by atoms with Crippen LogP contribution in [0.3, 0.4) is 0 Å². The number of allylic oxidation sites excluding steroid dienone is 1. The van der Waals surface area contributed by atoms with Gasteiger partial charge in [-0.1, -0.05) is 19.4 Å². The highest BCUT2D eigenvalue weighted by atomic mass is 32.2. The van der Waals surface area contributed by atoms with Crippen molar-refractivity contribution in [1.82, 2.24) is 0 Å². The van der Waals surface area contributed by atoms with Crippen molar-refractivity contribution in [1.29, 1.82) is 0 Å². The van der Waals surface area contributed by atoms with E-state index in [1.807, 2.05) is 6.26 Å². The van der Waals surface area contributed by atoms with E-state index in [1.165, 1.54) is 0 Å². The zero-order valence-electron chi connectivity index (χ0n) is 6.72. The molecule has 0 aromatic rings. The molecule has 0 saturated heterocycles. The minimum absolute atomic E-state index is 0.781. The summed E-state index contributed by atoms with van der Waals surface area (Å²) in [6.07, 6.45) is 7.90. The lowest BCUT2D eigenvalue weighted by Gasteiger charge is -1.96. The first kappa shape index (κ1) is 10.2. The van der Waals surface area contributed by atoms with Gasteiger partial charge in [0.25, 0.3) is 0 Å². The summed E-state index contributed by atoms with van der Waals surface area (Å²) < 4.78 is 11.9. The average molecular weight is 178 g/mol. The lowest BCUT2D eigenvalue weighted by molar-refractivity contribution is 0.691. The fourth-order valence-corrected chi connectivity index (χ4v) is 2.16. The van der Waals surface area contributed by atoms with E-state index in [-0.39, 0.29) is 0 Å². The molecule has 0 aliphatic carbocycles. The van der Waals surface area contributed by atoms with Crippen molar-refractivity contribution >= 4 is 22.6 Å². The third-order valence-electron chi connectivity index (χ3n) is 1.08. The summed E-state index contributed by atoms with van der Waals surface area (Å²) in [6.45, 7) is 2.12. The molecule has 0 amide bonds. The second kappa shape index (κ2) is 5.98. The van der Waals surface area contributed by atoms with Crippen LogP contribution in [0.5, 0.6) is 0 Å². The third-order valence-corrected chi connectivity index (χ3v) is 3.59. The molecule has 1 unspecified atom stereocenters. The van der Waals surface area contributed by atoms with E-state index in [1.54, 1.807) is 18.0 Å². The quantitative estimate of drug-likeness (QED) is 0.657. The van der Waals surface area contributed by atoms with Gasteiger partial charge in [-0.25, -0.2) is 0 Å². The Morgan fingerprint density at radius 1 is 1.70 bits per heavy atom. The first-order valence-corrected chi connectivity index (χ1v) is 6.08. The van der Waals surface area contributed by atoms with Crippen molar-refractivity contribution in [2.24, 2.45) is 0 Å². The van der Waals surface area contributed by atoms with Crippen LogP contribution >= 0.6 is 11.8 Å². The number of hydrogen-bond acceptors (Lipinski definition) is 2. The minimum Gasteiger partial charge on any atom is -0.254 e. The predicted octanol–water partition coefficient (Wildman–Crippen LogP) is 2.37. The zero-order valence-corrected chi connectivity index (χ0v) is 8.35. The first-order chi connectivity index (χ1) is 4.72. The van der Waals surface area contributed by atoms with Crippen molar-refractivity contribution in [2.75, 3.05) is 12.5 Å². The highest BCUT2D eigenvalue weighted by molar-refractivity contribution is 8.15. The lowest BCUT2D eigenvalue weighted by Crippen LogP contribution is -1.85. The Bertz CT molecular complexity index is 141. The molecule has 0 aliphatic heterocycles. The average Bonchev–Trinajstić information content (AvgIpc) is 1.89. The minimum atomic E-state index is -0.781. The maximum absolute atomic E-state index is 10.9. The fraction of sp³-hybridized carbons (Fsp3) is 0.714. The van der Waals surface area contributed by atoms with Gasteiger partial charge in [0, 0.05) is 6.26 Å². The summed E-state index contributed by atoms with van der Waals surface area (Å²) in [5.41, 5.74) is 0. The molecule has 60 valence electrons. The van der Waals surface area contributed by atoms with Crippen LogP contribution in [0.1, 0.15) is 19.8 Å². The Hall–Kier alpha value is 0.240. The molecule has 0 aliphatic rings. The second-order valence-corrected chi connectivity index (χ2v) is 4.42. The van der Waals surface area contributed by atoms with E-state index in [0.717, 1.165) is 17.1 Å². The van der Waals surface area contributed by atoms with E-state index < -0.39 is 10.8 Å². The highest BCUT2D eigenvalue weighted by Gasteiger charge is 1.96. The molecular formula is C7H14OS2. The van der Waals surface area contributed by atoms with Gasteiger partial charge >= 0.3 is 0 Å². The molecule has 0 saturated carbocycles. The molecule has 0 rings (SSSR count). The van der Waals surface area contributed by atoms with Crippen LogP contribution in [0.4, 0.5) is 0 Å². The van der Waals surface area contributed by atoms with Crippen LogP contribution in [0.25, 0.3) is 0 Å². The normalized spacial score (nSPS) is 15.3. The van der Waals surface area contributed by atoms with Crippen molar-refractivity contribution in [3.8, 4) is 0 Å². The topological polar surface area (TPSA) is 17.1 Å². The second-order valence-electron chi connectivity index (χ2n) is 1.97. The summed E-state index contributed by atoms with van der Waals surface area (Å²) in [6, 6.07) is 0. The zero-order chi connectivity index (χ0) is 7.98. The molecular weight excluding hydrogens is 164 g/mol. The summed E-state index contributed by atoms with van der Waals surface area (Å²) in [7, 11) is -0.781. The van der Waals surface area contributed by atoms with Gasteiger partial charge < -0.3 is 0 Å². The molecule has 0 aromatic heterocycles. The summed E-state index contributed by atoms with van der Waals surface area (Å²) in [5, 5.41) is 0. The van der Waals surface area contributed by atoms with Gasteiger partial charge in [0.1, 0.15) is 0 Å². The molecule has 0 radical (unpaired) electrons. The molecule has 0 bridgehead atoms. The van der Waals surface area contributed by atoms with Gasteiger partial charge in [0.05, 0.1) is 15.0 Å². The predicted molar refractivity (Wildman–Crippen MR) is 50.6 cm³/mol. The van der Waals surface area contributed by atoms with Gasteiger partial charge in [0.2, 0.25) is 0 Å². The smallest absolute Gasteiger partial charge is 0.0670 e. The van der Waals surface area contributed by atoms with Crippen molar-refractivity contribution in [3.63, 3.8) is 0 Å². The standard InChI is InChI=1S/C7H14OS2/c1-4-5-6-7(9-2)10(3)8/h6H,4-5H2,1-3H3. The van der Waals surface area contributed by atoms with Crippen LogP contribution in [0, 0.1) is 0 Å². The Morgan fingerprint density at radius 2 is 2.30 bits per heavy atom. The summed E-state index contributed by atoms with van der Waals surface area (Å²) in [5.74, 6) is 0. The third kappa shape index (κ3) is 4.12. The summed E-state index contributed by atoms with van der Waals surface area (Å²) >= 11 is 1.58. The molecule has 0 fully saturated rings. The van der Waals surface area contributed by atoms with Crippen LogP contribution in [-0.2, 0) is 10.8 Å². The van der Waals surface area contributed by atoms with E-state index >= 15 is 0 Å². The molecule has 0 heterocycles. The van der Waals surface area contributed by atoms with Crippen LogP contribution in [-0.4, -0.2) is 16.7 Å². The number of unbranched alkanes of at least 4 members (excludes halogenated alkanes) is 1. The van der Waals surface area contributed by atoms with Crippen LogP contribution in [0.15, 0.2) is 10.3 Å². The van der Waals surface area contributed by atoms with E-state index in [0.29, 0.717) is 0 Å². The van der Waals surface area contributed by atoms with E-state index in [4.69, 9.17) is 0 Å².